The molecular weight excluding hydrogens is 503 g/mol. The van der Waals surface area contributed by atoms with E-state index in [4.69, 9.17) is 14.2 Å². The van der Waals surface area contributed by atoms with Crippen molar-refractivity contribution in [3.63, 3.8) is 0 Å². The zero-order chi connectivity index (χ0) is 27.1. The fourth-order valence-corrected chi connectivity index (χ4v) is 8.95. The van der Waals surface area contributed by atoms with Gasteiger partial charge in [0, 0.05) is 0 Å². The first kappa shape index (κ1) is 26.8. The molecule has 0 radical (unpaired) electrons. The van der Waals surface area contributed by atoms with Crippen LogP contribution in [-0.4, -0.2) is 48.8 Å². The summed E-state index contributed by atoms with van der Waals surface area (Å²) < 4.78 is 15.9. The molecule has 0 atom stereocenters. The van der Waals surface area contributed by atoms with Gasteiger partial charge in [0.1, 0.15) is 5.57 Å². The normalized spacial score (nSPS) is 14.5. The number of hydrogen-bond donors (Lipinski definition) is 0. The number of ether oxygens (including phenoxy) is 3. The van der Waals surface area contributed by atoms with Crippen LogP contribution in [0.2, 0.25) is 0 Å². The Morgan fingerprint density at radius 2 is 1.13 bits per heavy atom. The van der Waals surface area contributed by atoms with Gasteiger partial charge in [-0.2, -0.15) is 0 Å². The van der Waals surface area contributed by atoms with Crippen LogP contribution in [0.3, 0.4) is 0 Å². The molecule has 194 valence electrons. The van der Waals surface area contributed by atoms with Crippen LogP contribution in [0.1, 0.15) is 13.8 Å². The van der Waals surface area contributed by atoms with Gasteiger partial charge in [0.15, 0.2) is 6.61 Å². The molecule has 3 aromatic rings. The van der Waals surface area contributed by atoms with E-state index < -0.39 is 48.3 Å². The molecule has 1 aliphatic heterocycles. The molecule has 0 aliphatic carbocycles. The number of ketones is 1. The van der Waals surface area contributed by atoms with Crippen LogP contribution in [-0.2, 0) is 33.4 Å². The lowest BCUT2D eigenvalue weighted by atomic mass is 10.0. The number of hydrogen-bond acceptors (Lipinski definition) is 7. The van der Waals surface area contributed by atoms with E-state index in [1.807, 2.05) is 91.0 Å². The first-order valence-corrected chi connectivity index (χ1v) is 14.0. The summed E-state index contributed by atoms with van der Waals surface area (Å²) in [6, 6.07) is 27.8. The van der Waals surface area contributed by atoms with E-state index in [9.17, 15) is 19.2 Å². The van der Waals surface area contributed by atoms with Crippen molar-refractivity contribution in [3.05, 3.63) is 102 Å². The van der Waals surface area contributed by atoms with Gasteiger partial charge in [0.25, 0.3) is 0 Å². The lowest BCUT2D eigenvalue weighted by molar-refractivity contribution is -0.140. The van der Waals surface area contributed by atoms with E-state index in [2.05, 4.69) is 0 Å². The van der Waals surface area contributed by atoms with E-state index in [-0.39, 0.29) is 18.5 Å². The van der Waals surface area contributed by atoms with Crippen molar-refractivity contribution >= 4 is 51.8 Å². The summed E-state index contributed by atoms with van der Waals surface area (Å²) in [5.74, 6) is -3.47. The van der Waals surface area contributed by atoms with Crippen molar-refractivity contribution in [2.45, 2.75) is 13.8 Å². The number of benzene rings is 3. The van der Waals surface area contributed by atoms with E-state index in [1.165, 1.54) is 0 Å². The van der Waals surface area contributed by atoms with Crippen LogP contribution >= 0.6 is 6.89 Å². The van der Waals surface area contributed by atoms with Crippen molar-refractivity contribution in [2.75, 3.05) is 19.8 Å². The van der Waals surface area contributed by atoms with E-state index in [1.54, 1.807) is 13.8 Å². The van der Waals surface area contributed by atoms with Crippen LogP contribution in [0.25, 0.3) is 0 Å². The van der Waals surface area contributed by atoms with Crippen molar-refractivity contribution in [2.24, 2.45) is 0 Å². The van der Waals surface area contributed by atoms with E-state index >= 15 is 0 Å². The maximum atomic E-state index is 14.1. The highest BCUT2D eigenvalue weighted by Crippen LogP contribution is 2.48. The van der Waals surface area contributed by atoms with Crippen LogP contribution in [0.15, 0.2) is 102 Å². The molecule has 1 fully saturated rings. The summed E-state index contributed by atoms with van der Waals surface area (Å²) >= 11 is 0. The molecule has 0 N–H and O–H groups in total. The fraction of sp³-hybridized carbons (Fsp3) is 0.167. The number of carbonyl (C=O) groups excluding carboxylic acids is 4. The standard InChI is InChI=1S/C30H27O7P/c1-3-35-29(33)26(25-24(31)20-37-28(25)32)27(30(34)36-4-2)38(21-14-8-5-9-15-21,22-16-10-6-11-17-22)23-18-12-7-13-19-23/h5-19H,3-4,20H2,1-2H3/b26-25+. The molecular formula is C30H27O7P. The van der Waals surface area contributed by atoms with Gasteiger partial charge in [0.2, 0.25) is 5.78 Å². The third-order valence-electron chi connectivity index (χ3n) is 6.02. The summed E-state index contributed by atoms with van der Waals surface area (Å²) in [6.45, 7) is -0.575. The lowest BCUT2D eigenvalue weighted by Gasteiger charge is -2.32. The molecule has 1 aliphatic rings. The zero-order valence-corrected chi connectivity index (χ0v) is 22.0. The number of esters is 3. The third kappa shape index (κ3) is 4.85. The fourth-order valence-electron chi connectivity index (χ4n) is 4.55. The Balaban J connectivity index is 2.39. The highest BCUT2D eigenvalue weighted by molar-refractivity contribution is 7.97. The summed E-state index contributed by atoms with van der Waals surface area (Å²) in [5, 5.41) is 2.08. The minimum Gasteiger partial charge on any atom is -0.462 e. The molecule has 1 heterocycles. The summed E-state index contributed by atoms with van der Waals surface area (Å²) in [6.07, 6.45) is 0. The first-order valence-electron chi connectivity index (χ1n) is 12.2. The van der Waals surface area contributed by atoms with Gasteiger partial charge in [-0.1, -0.05) is 91.0 Å². The summed E-state index contributed by atoms with van der Waals surface area (Å²) in [5.41, 5.74) is -0.915. The van der Waals surface area contributed by atoms with Crippen molar-refractivity contribution in [1.29, 1.82) is 0 Å². The monoisotopic (exact) mass is 530 g/mol. The maximum absolute atomic E-state index is 14.1. The Hall–Kier alpha value is -4.22. The first-order chi connectivity index (χ1) is 18.5. The molecule has 3 aromatic carbocycles. The Labute approximate surface area is 221 Å². The molecule has 7 nitrogen and oxygen atoms in total. The van der Waals surface area contributed by atoms with Gasteiger partial charge < -0.3 is 14.2 Å². The molecule has 8 heteroatoms. The Morgan fingerprint density at radius 3 is 1.50 bits per heavy atom. The molecule has 1 saturated heterocycles. The smallest absolute Gasteiger partial charge is 0.343 e. The molecule has 0 aromatic heterocycles. The maximum Gasteiger partial charge on any atom is 0.343 e. The highest BCUT2D eigenvalue weighted by atomic mass is 31.2. The van der Waals surface area contributed by atoms with Crippen molar-refractivity contribution in [3.8, 4) is 0 Å². The van der Waals surface area contributed by atoms with Gasteiger partial charge in [0.05, 0.1) is 24.1 Å². The average molecular weight is 531 g/mol. The van der Waals surface area contributed by atoms with Gasteiger partial charge in [-0.05, 0) is 36.6 Å². The second-order valence-electron chi connectivity index (χ2n) is 8.22. The molecule has 38 heavy (non-hydrogen) atoms. The van der Waals surface area contributed by atoms with Gasteiger partial charge in [-0.3, -0.25) is 4.79 Å². The second kappa shape index (κ2) is 11.9. The van der Waals surface area contributed by atoms with Crippen LogP contribution in [0.5, 0.6) is 0 Å². The predicted octanol–water partition coefficient (Wildman–Crippen LogP) is 2.70. The second-order valence-corrected chi connectivity index (χ2v) is 11.6. The SMILES string of the molecule is CCOC(=O)C(/C(C(=O)OCC)=C1/C(=O)COC1=O)=P(c1ccccc1)(c1ccccc1)c1ccccc1. The number of rotatable bonds is 8. The van der Waals surface area contributed by atoms with Crippen LogP contribution < -0.4 is 15.9 Å². The quantitative estimate of drug-likeness (QED) is 0.145. The minimum absolute atomic E-state index is 0.00450. The topological polar surface area (TPSA) is 96.0 Å². The highest BCUT2D eigenvalue weighted by Gasteiger charge is 2.44. The average Bonchev–Trinajstić information content (AvgIpc) is 3.28. The van der Waals surface area contributed by atoms with Gasteiger partial charge in [-0.15, -0.1) is 0 Å². The molecule has 4 rings (SSSR count). The van der Waals surface area contributed by atoms with Gasteiger partial charge >= 0.3 is 17.9 Å². The van der Waals surface area contributed by atoms with Crippen LogP contribution in [0, 0.1) is 0 Å². The summed E-state index contributed by atoms with van der Waals surface area (Å²) in [4.78, 5) is 53.6. The largest absolute Gasteiger partial charge is 0.462 e. The number of Topliss-reactive ketones (excluding diaryl/α,β-unsaturated/α-hetero) is 1. The third-order valence-corrected chi connectivity index (χ3v) is 10.3. The Morgan fingerprint density at radius 1 is 0.711 bits per heavy atom. The number of cyclic esters (lactones) is 1. The molecule has 0 saturated carbocycles. The van der Waals surface area contributed by atoms with Gasteiger partial charge in [-0.25, -0.2) is 14.4 Å². The lowest BCUT2D eigenvalue weighted by Crippen LogP contribution is -2.38. The van der Waals surface area contributed by atoms with Crippen LogP contribution in [0.4, 0.5) is 0 Å². The van der Waals surface area contributed by atoms with Crippen molar-refractivity contribution in [1.82, 2.24) is 0 Å². The number of carbonyl (C=O) groups is 4. The van der Waals surface area contributed by atoms with Crippen molar-refractivity contribution < 1.29 is 33.4 Å². The summed E-state index contributed by atoms with van der Waals surface area (Å²) in [7, 11) is 0. The Bertz CT molecular complexity index is 1320. The zero-order valence-electron chi connectivity index (χ0n) is 21.1. The van der Waals surface area contributed by atoms with E-state index in [0.29, 0.717) is 0 Å². The van der Waals surface area contributed by atoms with E-state index in [0.717, 1.165) is 15.9 Å². The Kier molecular flexibility index (Phi) is 8.39. The molecule has 0 unspecified atom stereocenters. The predicted molar refractivity (Wildman–Crippen MR) is 146 cm³/mol. The molecule has 0 spiro atoms. The minimum atomic E-state index is -3.26. The molecule has 0 bridgehead atoms. The molecule has 0 amide bonds.